The lowest BCUT2D eigenvalue weighted by Gasteiger charge is -2.06. The number of aromatic amines is 1. The standard InChI is InChI=1S/C18H16ClN3O2/c19-13-5-2-1-4-12(13)18(23)20-11-7-8-14-15(10-11)22-17(21-14)16-6-3-9-24-16/h1-2,4-5,7-8,10,16H,3,6,9H2,(H,20,23)(H,21,22). The summed E-state index contributed by atoms with van der Waals surface area (Å²) in [5.74, 6) is 0.607. The molecular formula is C18H16ClN3O2. The van der Waals surface area contributed by atoms with Gasteiger partial charge in [-0.15, -0.1) is 0 Å². The Hall–Kier alpha value is -2.37. The maximum atomic E-state index is 12.3. The lowest BCUT2D eigenvalue weighted by atomic mass is 10.2. The van der Waals surface area contributed by atoms with Gasteiger partial charge < -0.3 is 15.0 Å². The monoisotopic (exact) mass is 341 g/mol. The molecule has 2 aromatic carbocycles. The quantitative estimate of drug-likeness (QED) is 0.745. The maximum Gasteiger partial charge on any atom is 0.257 e. The summed E-state index contributed by atoms with van der Waals surface area (Å²) in [7, 11) is 0. The fourth-order valence-corrected chi connectivity index (χ4v) is 3.12. The van der Waals surface area contributed by atoms with Crippen LogP contribution in [-0.4, -0.2) is 22.5 Å². The number of hydrogen-bond acceptors (Lipinski definition) is 3. The molecule has 6 heteroatoms. The number of imidazole rings is 1. The molecule has 0 aliphatic carbocycles. The smallest absolute Gasteiger partial charge is 0.257 e. The topological polar surface area (TPSA) is 67.0 Å². The van der Waals surface area contributed by atoms with Gasteiger partial charge in [-0.3, -0.25) is 4.79 Å². The van der Waals surface area contributed by atoms with E-state index in [0.29, 0.717) is 16.3 Å². The van der Waals surface area contributed by atoms with Crippen molar-refractivity contribution in [3.05, 3.63) is 58.9 Å². The largest absolute Gasteiger partial charge is 0.370 e. The number of rotatable bonds is 3. The third-order valence-electron chi connectivity index (χ3n) is 4.11. The number of halogens is 1. The van der Waals surface area contributed by atoms with Crippen LogP contribution in [-0.2, 0) is 4.74 Å². The number of H-pyrrole nitrogens is 1. The molecule has 1 aromatic heterocycles. The number of hydrogen-bond donors (Lipinski definition) is 2. The molecule has 1 aliphatic rings. The van der Waals surface area contributed by atoms with Crippen LogP contribution in [0.3, 0.4) is 0 Å². The van der Waals surface area contributed by atoms with Crippen molar-refractivity contribution in [3.63, 3.8) is 0 Å². The molecule has 122 valence electrons. The van der Waals surface area contributed by atoms with Gasteiger partial charge in [0.25, 0.3) is 5.91 Å². The number of nitrogens with zero attached hydrogens (tertiary/aromatic N) is 1. The molecule has 5 nitrogen and oxygen atoms in total. The molecule has 0 spiro atoms. The molecule has 1 fully saturated rings. The summed E-state index contributed by atoms with van der Waals surface area (Å²) in [6.45, 7) is 0.779. The second kappa shape index (κ2) is 6.26. The van der Waals surface area contributed by atoms with Crippen molar-refractivity contribution in [2.24, 2.45) is 0 Å². The molecule has 2 heterocycles. The van der Waals surface area contributed by atoms with E-state index in [4.69, 9.17) is 16.3 Å². The number of anilines is 1. The third kappa shape index (κ3) is 2.88. The van der Waals surface area contributed by atoms with Gasteiger partial charge in [0.2, 0.25) is 0 Å². The predicted octanol–water partition coefficient (Wildman–Crippen LogP) is 4.32. The Morgan fingerprint density at radius 3 is 2.96 bits per heavy atom. The molecule has 24 heavy (non-hydrogen) atoms. The molecule has 2 N–H and O–H groups in total. The van der Waals surface area contributed by atoms with Crippen molar-refractivity contribution >= 4 is 34.2 Å². The van der Waals surface area contributed by atoms with E-state index in [1.807, 2.05) is 18.2 Å². The number of carbonyl (C=O) groups excluding carboxylic acids is 1. The lowest BCUT2D eigenvalue weighted by molar-refractivity contribution is 0.102. The fourth-order valence-electron chi connectivity index (χ4n) is 2.90. The molecule has 1 atom stereocenters. The summed E-state index contributed by atoms with van der Waals surface area (Å²) in [4.78, 5) is 20.2. The summed E-state index contributed by atoms with van der Waals surface area (Å²) < 4.78 is 5.66. The number of carbonyl (C=O) groups is 1. The van der Waals surface area contributed by atoms with Crippen molar-refractivity contribution in [1.82, 2.24) is 9.97 Å². The van der Waals surface area contributed by atoms with Crippen LogP contribution in [0.25, 0.3) is 11.0 Å². The van der Waals surface area contributed by atoms with Gasteiger partial charge in [-0.1, -0.05) is 23.7 Å². The summed E-state index contributed by atoms with van der Waals surface area (Å²) in [5, 5.41) is 3.30. The van der Waals surface area contributed by atoms with E-state index in [2.05, 4.69) is 15.3 Å². The van der Waals surface area contributed by atoms with Crippen molar-refractivity contribution in [1.29, 1.82) is 0 Å². The zero-order valence-corrected chi connectivity index (χ0v) is 13.6. The van der Waals surface area contributed by atoms with Crippen molar-refractivity contribution in [3.8, 4) is 0 Å². The van der Waals surface area contributed by atoms with E-state index in [1.54, 1.807) is 24.3 Å². The average molecular weight is 342 g/mol. The summed E-state index contributed by atoms with van der Waals surface area (Å²) in [5.41, 5.74) is 2.87. The Bertz CT molecular complexity index is 900. The Labute approximate surface area is 144 Å². The van der Waals surface area contributed by atoms with Crippen LogP contribution in [0.15, 0.2) is 42.5 Å². The third-order valence-corrected chi connectivity index (χ3v) is 4.44. The van der Waals surface area contributed by atoms with Crippen LogP contribution < -0.4 is 5.32 Å². The van der Waals surface area contributed by atoms with Gasteiger partial charge in [-0.2, -0.15) is 0 Å². The Kier molecular flexibility index (Phi) is 3.96. The molecule has 1 amide bonds. The number of aromatic nitrogens is 2. The van der Waals surface area contributed by atoms with E-state index >= 15 is 0 Å². The molecular weight excluding hydrogens is 326 g/mol. The molecule has 0 radical (unpaired) electrons. The molecule has 0 saturated carbocycles. The Morgan fingerprint density at radius 1 is 1.29 bits per heavy atom. The van der Waals surface area contributed by atoms with Gasteiger partial charge in [0.05, 0.1) is 21.6 Å². The van der Waals surface area contributed by atoms with E-state index in [-0.39, 0.29) is 12.0 Å². The lowest BCUT2D eigenvalue weighted by Crippen LogP contribution is -2.12. The minimum Gasteiger partial charge on any atom is -0.370 e. The average Bonchev–Trinajstić information content (AvgIpc) is 3.24. The van der Waals surface area contributed by atoms with Crippen LogP contribution in [0.4, 0.5) is 5.69 Å². The van der Waals surface area contributed by atoms with E-state index < -0.39 is 0 Å². The summed E-state index contributed by atoms with van der Waals surface area (Å²) in [6.07, 6.45) is 2.08. The highest BCUT2D eigenvalue weighted by molar-refractivity contribution is 6.34. The fraction of sp³-hybridized carbons (Fsp3) is 0.222. The first-order valence-electron chi connectivity index (χ1n) is 7.88. The van der Waals surface area contributed by atoms with Crippen LogP contribution >= 0.6 is 11.6 Å². The van der Waals surface area contributed by atoms with Gasteiger partial charge in [0.15, 0.2) is 0 Å². The van der Waals surface area contributed by atoms with Crippen LogP contribution in [0.1, 0.15) is 35.1 Å². The first-order valence-corrected chi connectivity index (χ1v) is 8.25. The zero-order valence-electron chi connectivity index (χ0n) is 12.9. The second-order valence-corrected chi connectivity index (χ2v) is 6.20. The summed E-state index contributed by atoms with van der Waals surface area (Å²) >= 11 is 6.07. The number of fused-ring (bicyclic) bond motifs is 1. The van der Waals surface area contributed by atoms with Crippen LogP contribution in [0.5, 0.6) is 0 Å². The summed E-state index contributed by atoms with van der Waals surface area (Å²) in [6, 6.07) is 12.6. The second-order valence-electron chi connectivity index (χ2n) is 5.79. The normalized spacial score (nSPS) is 17.3. The molecule has 0 bridgehead atoms. The Morgan fingerprint density at radius 2 is 2.17 bits per heavy atom. The van der Waals surface area contributed by atoms with E-state index in [0.717, 1.165) is 36.3 Å². The molecule has 1 unspecified atom stereocenters. The minimum atomic E-state index is -0.237. The van der Waals surface area contributed by atoms with Crippen molar-refractivity contribution < 1.29 is 9.53 Å². The van der Waals surface area contributed by atoms with Gasteiger partial charge in [-0.25, -0.2) is 4.98 Å². The van der Waals surface area contributed by atoms with Crippen LogP contribution in [0.2, 0.25) is 5.02 Å². The van der Waals surface area contributed by atoms with Gasteiger partial charge in [-0.05, 0) is 43.2 Å². The number of ether oxygens (including phenoxy) is 1. The van der Waals surface area contributed by atoms with Crippen LogP contribution in [0, 0.1) is 0 Å². The van der Waals surface area contributed by atoms with Gasteiger partial charge >= 0.3 is 0 Å². The molecule has 3 aromatic rings. The number of benzene rings is 2. The molecule has 4 rings (SSSR count). The molecule has 1 aliphatic heterocycles. The van der Waals surface area contributed by atoms with Gasteiger partial charge in [0.1, 0.15) is 11.9 Å². The van der Waals surface area contributed by atoms with E-state index in [1.165, 1.54) is 0 Å². The highest BCUT2D eigenvalue weighted by Crippen LogP contribution is 2.29. The maximum absolute atomic E-state index is 12.3. The van der Waals surface area contributed by atoms with Crippen molar-refractivity contribution in [2.75, 3.05) is 11.9 Å². The SMILES string of the molecule is O=C(Nc1ccc2nc(C3CCCO3)[nH]c2c1)c1ccccc1Cl. The minimum absolute atomic E-state index is 0.0403. The number of nitrogens with one attached hydrogen (secondary N) is 2. The molecule has 1 saturated heterocycles. The number of amides is 1. The van der Waals surface area contributed by atoms with Crippen molar-refractivity contribution in [2.45, 2.75) is 18.9 Å². The highest BCUT2D eigenvalue weighted by atomic mass is 35.5. The first-order chi connectivity index (χ1) is 11.7. The highest BCUT2D eigenvalue weighted by Gasteiger charge is 2.21. The van der Waals surface area contributed by atoms with E-state index in [9.17, 15) is 4.79 Å². The predicted molar refractivity (Wildman–Crippen MR) is 93.4 cm³/mol. The van der Waals surface area contributed by atoms with Gasteiger partial charge in [0, 0.05) is 12.3 Å². The zero-order chi connectivity index (χ0) is 16.5. The Balaban J connectivity index is 1.58. The first kappa shape index (κ1) is 15.2.